The molecule has 0 bridgehead atoms. The van der Waals surface area contributed by atoms with Crippen LogP contribution in [0.1, 0.15) is 12.5 Å². The Labute approximate surface area is 77.4 Å². The molecule has 3 heteroatoms. The van der Waals surface area contributed by atoms with Crippen molar-refractivity contribution in [2.45, 2.75) is 19.9 Å². The molecule has 0 spiro atoms. The Kier molecular flexibility index (Phi) is 2.90. The van der Waals surface area contributed by atoms with Crippen LogP contribution in [0.3, 0.4) is 0 Å². The number of hydrogen-bond donors (Lipinski definition) is 2. The Balaban J connectivity index is 2.69. The molecular formula is C10H13NO2. The molecule has 13 heavy (non-hydrogen) atoms. The van der Waals surface area contributed by atoms with Crippen LogP contribution in [0, 0.1) is 6.92 Å². The Bertz CT molecular complexity index is 310. The Morgan fingerprint density at radius 3 is 2.77 bits per heavy atom. The van der Waals surface area contributed by atoms with Crippen molar-refractivity contribution in [1.82, 2.24) is 0 Å². The third-order valence-electron chi connectivity index (χ3n) is 1.77. The Morgan fingerprint density at radius 1 is 1.54 bits per heavy atom. The number of aliphatic carboxylic acids is 1. The summed E-state index contributed by atoms with van der Waals surface area (Å²) in [6, 6.07) is 7.08. The Hall–Kier alpha value is -1.51. The number of aryl methyl sites for hydroxylation is 1. The van der Waals surface area contributed by atoms with E-state index in [-0.39, 0.29) is 0 Å². The largest absolute Gasteiger partial charge is 0.480 e. The first kappa shape index (κ1) is 9.58. The molecule has 1 rings (SSSR count). The van der Waals surface area contributed by atoms with Gasteiger partial charge in [0, 0.05) is 5.69 Å². The van der Waals surface area contributed by atoms with E-state index in [0.29, 0.717) is 0 Å². The second kappa shape index (κ2) is 3.94. The minimum Gasteiger partial charge on any atom is -0.480 e. The van der Waals surface area contributed by atoms with E-state index in [4.69, 9.17) is 5.11 Å². The van der Waals surface area contributed by atoms with Crippen molar-refractivity contribution in [3.05, 3.63) is 29.8 Å². The van der Waals surface area contributed by atoms with Gasteiger partial charge in [0.2, 0.25) is 0 Å². The fraction of sp³-hybridized carbons (Fsp3) is 0.300. The lowest BCUT2D eigenvalue weighted by Gasteiger charge is -2.10. The van der Waals surface area contributed by atoms with Crippen LogP contribution in [0.15, 0.2) is 24.3 Å². The third-order valence-corrected chi connectivity index (χ3v) is 1.77. The van der Waals surface area contributed by atoms with Crippen LogP contribution in [0.25, 0.3) is 0 Å². The number of hydrogen-bond acceptors (Lipinski definition) is 2. The number of rotatable bonds is 3. The van der Waals surface area contributed by atoms with Gasteiger partial charge in [-0.1, -0.05) is 12.1 Å². The van der Waals surface area contributed by atoms with Gasteiger partial charge in [0.15, 0.2) is 0 Å². The molecular weight excluding hydrogens is 166 g/mol. The van der Waals surface area contributed by atoms with Crippen molar-refractivity contribution in [3.63, 3.8) is 0 Å². The smallest absolute Gasteiger partial charge is 0.325 e. The molecule has 0 unspecified atom stereocenters. The van der Waals surface area contributed by atoms with E-state index in [1.54, 1.807) is 6.92 Å². The van der Waals surface area contributed by atoms with Gasteiger partial charge in [-0.3, -0.25) is 4.79 Å². The monoisotopic (exact) mass is 179 g/mol. The molecule has 70 valence electrons. The summed E-state index contributed by atoms with van der Waals surface area (Å²) in [5.41, 5.74) is 1.96. The predicted octanol–water partition coefficient (Wildman–Crippen LogP) is 1.88. The van der Waals surface area contributed by atoms with Gasteiger partial charge in [-0.2, -0.15) is 0 Å². The summed E-state index contributed by atoms with van der Waals surface area (Å²) in [4.78, 5) is 10.5. The van der Waals surface area contributed by atoms with E-state index in [0.717, 1.165) is 11.3 Å². The SMILES string of the molecule is Cc1cccc(N[C@@H](C)C(=O)O)c1. The molecule has 0 aliphatic rings. The molecule has 1 atom stereocenters. The lowest BCUT2D eigenvalue weighted by atomic mass is 10.2. The molecule has 0 saturated heterocycles. The van der Waals surface area contributed by atoms with Crippen molar-refractivity contribution >= 4 is 11.7 Å². The van der Waals surface area contributed by atoms with Gasteiger partial charge in [0.05, 0.1) is 0 Å². The molecule has 0 aliphatic carbocycles. The summed E-state index contributed by atoms with van der Waals surface area (Å²) < 4.78 is 0. The number of carboxylic acids is 1. The molecule has 0 aliphatic heterocycles. The zero-order valence-electron chi connectivity index (χ0n) is 7.74. The quantitative estimate of drug-likeness (QED) is 0.744. The van der Waals surface area contributed by atoms with Gasteiger partial charge < -0.3 is 10.4 Å². The minimum atomic E-state index is -0.846. The topological polar surface area (TPSA) is 49.3 Å². The molecule has 0 saturated carbocycles. The number of carboxylic acid groups (broad SMARTS) is 1. The summed E-state index contributed by atoms with van der Waals surface area (Å²) in [5, 5.41) is 11.5. The zero-order chi connectivity index (χ0) is 9.84. The van der Waals surface area contributed by atoms with Gasteiger partial charge in [-0.15, -0.1) is 0 Å². The minimum absolute atomic E-state index is 0.554. The number of benzene rings is 1. The van der Waals surface area contributed by atoms with Gasteiger partial charge in [-0.05, 0) is 31.5 Å². The maximum absolute atomic E-state index is 10.5. The van der Waals surface area contributed by atoms with E-state index in [1.165, 1.54) is 0 Å². The van der Waals surface area contributed by atoms with Crippen LogP contribution in [-0.2, 0) is 4.79 Å². The van der Waals surface area contributed by atoms with E-state index in [9.17, 15) is 4.79 Å². The highest BCUT2D eigenvalue weighted by atomic mass is 16.4. The maximum atomic E-state index is 10.5. The molecule has 0 heterocycles. The molecule has 0 fully saturated rings. The van der Waals surface area contributed by atoms with Crippen LogP contribution in [-0.4, -0.2) is 17.1 Å². The fourth-order valence-corrected chi connectivity index (χ4v) is 1.05. The van der Waals surface area contributed by atoms with E-state index < -0.39 is 12.0 Å². The molecule has 1 aromatic rings. The lowest BCUT2D eigenvalue weighted by molar-refractivity contribution is -0.137. The van der Waals surface area contributed by atoms with E-state index in [2.05, 4.69) is 5.32 Å². The van der Waals surface area contributed by atoms with Crippen LogP contribution in [0.5, 0.6) is 0 Å². The van der Waals surface area contributed by atoms with Crippen molar-refractivity contribution in [2.24, 2.45) is 0 Å². The lowest BCUT2D eigenvalue weighted by Crippen LogP contribution is -2.25. The average molecular weight is 179 g/mol. The van der Waals surface area contributed by atoms with Crippen LogP contribution in [0.2, 0.25) is 0 Å². The first-order chi connectivity index (χ1) is 6.09. The van der Waals surface area contributed by atoms with Crippen molar-refractivity contribution in [1.29, 1.82) is 0 Å². The first-order valence-electron chi connectivity index (χ1n) is 4.15. The van der Waals surface area contributed by atoms with Gasteiger partial charge in [0.25, 0.3) is 0 Å². The normalized spacial score (nSPS) is 12.2. The van der Waals surface area contributed by atoms with Crippen LogP contribution < -0.4 is 5.32 Å². The second-order valence-corrected chi connectivity index (χ2v) is 3.07. The molecule has 0 aromatic heterocycles. The second-order valence-electron chi connectivity index (χ2n) is 3.07. The average Bonchev–Trinajstić information content (AvgIpc) is 2.04. The maximum Gasteiger partial charge on any atom is 0.325 e. The van der Waals surface area contributed by atoms with Crippen molar-refractivity contribution in [3.8, 4) is 0 Å². The molecule has 2 N–H and O–H groups in total. The fourth-order valence-electron chi connectivity index (χ4n) is 1.05. The number of anilines is 1. The van der Waals surface area contributed by atoms with Crippen LogP contribution in [0.4, 0.5) is 5.69 Å². The first-order valence-corrected chi connectivity index (χ1v) is 4.15. The molecule has 3 nitrogen and oxygen atoms in total. The van der Waals surface area contributed by atoms with E-state index >= 15 is 0 Å². The summed E-state index contributed by atoms with van der Waals surface area (Å²) in [7, 11) is 0. The number of carbonyl (C=O) groups is 1. The number of nitrogens with one attached hydrogen (secondary N) is 1. The highest BCUT2D eigenvalue weighted by Gasteiger charge is 2.09. The van der Waals surface area contributed by atoms with E-state index in [1.807, 2.05) is 31.2 Å². The summed E-state index contributed by atoms with van der Waals surface area (Å²) in [6.45, 7) is 3.58. The molecule has 1 aromatic carbocycles. The van der Waals surface area contributed by atoms with Crippen LogP contribution >= 0.6 is 0 Å². The summed E-state index contributed by atoms with van der Waals surface area (Å²) >= 11 is 0. The molecule has 0 radical (unpaired) electrons. The van der Waals surface area contributed by atoms with Gasteiger partial charge in [0.1, 0.15) is 6.04 Å². The van der Waals surface area contributed by atoms with Gasteiger partial charge >= 0.3 is 5.97 Å². The highest BCUT2D eigenvalue weighted by Crippen LogP contribution is 2.10. The standard InChI is InChI=1S/C10H13NO2/c1-7-4-3-5-9(6-7)11-8(2)10(12)13/h3-6,8,11H,1-2H3,(H,12,13)/t8-/m0/s1. The predicted molar refractivity (Wildman–Crippen MR) is 51.9 cm³/mol. The zero-order valence-corrected chi connectivity index (χ0v) is 7.74. The van der Waals surface area contributed by atoms with Crippen molar-refractivity contribution in [2.75, 3.05) is 5.32 Å². The summed E-state index contributed by atoms with van der Waals surface area (Å²) in [5.74, 6) is -0.846. The summed E-state index contributed by atoms with van der Waals surface area (Å²) in [6.07, 6.45) is 0. The molecule has 0 amide bonds. The Morgan fingerprint density at radius 2 is 2.23 bits per heavy atom. The van der Waals surface area contributed by atoms with Crippen molar-refractivity contribution < 1.29 is 9.90 Å². The van der Waals surface area contributed by atoms with Gasteiger partial charge in [-0.25, -0.2) is 0 Å². The third kappa shape index (κ3) is 2.78. The highest BCUT2D eigenvalue weighted by molar-refractivity contribution is 5.76.